The Labute approximate surface area is 123 Å². The van der Waals surface area contributed by atoms with E-state index in [4.69, 9.17) is 0 Å². The predicted molar refractivity (Wildman–Crippen MR) is 82.2 cm³/mol. The molecule has 0 amide bonds. The van der Waals surface area contributed by atoms with Gasteiger partial charge < -0.3 is 10.0 Å². The molecule has 0 radical (unpaired) electrons. The summed E-state index contributed by atoms with van der Waals surface area (Å²) in [4.78, 5) is 8.99. The molecule has 2 aromatic rings. The van der Waals surface area contributed by atoms with Gasteiger partial charge in [0.25, 0.3) is 0 Å². The molecule has 3 rings (SSSR count). The minimum Gasteiger partial charge on any atom is -0.387 e. The van der Waals surface area contributed by atoms with E-state index in [2.05, 4.69) is 14.8 Å². The standard InChI is InChI=1S/C15H19N3OS/c19-14(13-4-2-1-3-5-13)12-17-7-9-18(10-8-17)15-16-6-11-20-15/h1-6,11,14,19H,7-10,12H2/t14-/m0/s1. The van der Waals surface area contributed by atoms with E-state index < -0.39 is 6.10 Å². The van der Waals surface area contributed by atoms with Gasteiger partial charge in [-0.1, -0.05) is 30.3 Å². The van der Waals surface area contributed by atoms with Crippen LogP contribution >= 0.6 is 11.3 Å². The molecular formula is C15H19N3OS. The highest BCUT2D eigenvalue weighted by molar-refractivity contribution is 7.13. The van der Waals surface area contributed by atoms with E-state index >= 15 is 0 Å². The normalized spacial score (nSPS) is 18.1. The van der Waals surface area contributed by atoms with Crippen molar-refractivity contribution < 1.29 is 5.11 Å². The van der Waals surface area contributed by atoms with E-state index in [0.29, 0.717) is 6.54 Å². The summed E-state index contributed by atoms with van der Waals surface area (Å²) in [7, 11) is 0. The average Bonchev–Trinajstić information content (AvgIpc) is 3.03. The Hall–Kier alpha value is -1.43. The molecule has 106 valence electrons. The van der Waals surface area contributed by atoms with Crippen molar-refractivity contribution in [2.45, 2.75) is 6.10 Å². The first kappa shape index (κ1) is 13.5. The van der Waals surface area contributed by atoms with Crippen LogP contribution < -0.4 is 4.90 Å². The Morgan fingerprint density at radius 2 is 1.90 bits per heavy atom. The van der Waals surface area contributed by atoms with Gasteiger partial charge in [-0.3, -0.25) is 4.90 Å². The molecule has 5 heteroatoms. The molecule has 0 bridgehead atoms. The number of aliphatic hydroxyl groups excluding tert-OH is 1. The third-order valence-electron chi connectivity index (χ3n) is 3.68. The number of hydrogen-bond acceptors (Lipinski definition) is 5. The van der Waals surface area contributed by atoms with Crippen molar-refractivity contribution in [3.8, 4) is 0 Å². The van der Waals surface area contributed by atoms with Crippen LogP contribution in [0.2, 0.25) is 0 Å². The Kier molecular flexibility index (Phi) is 4.30. The summed E-state index contributed by atoms with van der Waals surface area (Å²) in [5, 5.41) is 13.4. The first-order chi connectivity index (χ1) is 9.83. The lowest BCUT2D eigenvalue weighted by atomic mass is 10.1. The summed E-state index contributed by atoms with van der Waals surface area (Å²) >= 11 is 1.69. The van der Waals surface area contributed by atoms with Crippen LogP contribution in [0.1, 0.15) is 11.7 Å². The summed E-state index contributed by atoms with van der Waals surface area (Å²) in [6.07, 6.45) is 1.45. The number of benzene rings is 1. The topological polar surface area (TPSA) is 39.6 Å². The second kappa shape index (κ2) is 6.35. The van der Waals surface area contributed by atoms with Crippen molar-refractivity contribution in [3.63, 3.8) is 0 Å². The number of aromatic nitrogens is 1. The molecule has 1 atom stereocenters. The lowest BCUT2D eigenvalue weighted by Crippen LogP contribution is -2.47. The smallest absolute Gasteiger partial charge is 0.185 e. The third kappa shape index (κ3) is 3.17. The number of aliphatic hydroxyl groups is 1. The number of β-amino-alcohol motifs (C(OH)–C–C–N with tert-alkyl or cyclic N) is 1. The Bertz CT molecular complexity index is 509. The fourth-order valence-electron chi connectivity index (χ4n) is 2.52. The predicted octanol–water partition coefficient (Wildman–Crippen LogP) is 2.00. The van der Waals surface area contributed by atoms with E-state index in [1.807, 2.05) is 41.9 Å². The number of anilines is 1. The van der Waals surface area contributed by atoms with Gasteiger partial charge in [-0.25, -0.2) is 4.98 Å². The molecule has 1 N–H and O–H groups in total. The molecule has 1 aromatic carbocycles. The second-order valence-electron chi connectivity index (χ2n) is 5.03. The summed E-state index contributed by atoms with van der Waals surface area (Å²) < 4.78 is 0. The lowest BCUT2D eigenvalue weighted by Gasteiger charge is -2.35. The van der Waals surface area contributed by atoms with Crippen molar-refractivity contribution in [2.75, 3.05) is 37.6 Å². The molecule has 0 unspecified atom stereocenters. The number of rotatable bonds is 4. The maximum absolute atomic E-state index is 10.3. The number of piperazine rings is 1. The van der Waals surface area contributed by atoms with Crippen LogP contribution in [0.4, 0.5) is 5.13 Å². The molecule has 20 heavy (non-hydrogen) atoms. The first-order valence-corrected chi connectivity index (χ1v) is 7.81. The van der Waals surface area contributed by atoms with Crippen molar-refractivity contribution >= 4 is 16.5 Å². The number of hydrogen-bond donors (Lipinski definition) is 1. The van der Waals surface area contributed by atoms with Crippen molar-refractivity contribution in [3.05, 3.63) is 47.5 Å². The zero-order valence-corrected chi connectivity index (χ0v) is 12.2. The Morgan fingerprint density at radius 3 is 2.55 bits per heavy atom. The minimum atomic E-state index is -0.400. The van der Waals surface area contributed by atoms with E-state index in [0.717, 1.165) is 36.9 Å². The van der Waals surface area contributed by atoms with Gasteiger partial charge >= 0.3 is 0 Å². The van der Waals surface area contributed by atoms with E-state index in [1.165, 1.54) is 0 Å². The van der Waals surface area contributed by atoms with Crippen LogP contribution in [-0.2, 0) is 0 Å². The van der Waals surface area contributed by atoms with Crippen LogP contribution in [0.15, 0.2) is 41.9 Å². The maximum Gasteiger partial charge on any atom is 0.185 e. The van der Waals surface area contributed by atoms with Crippen LogP contribution in [-0.4, -0.2) is 47.7 Å². The molecule has 2 heterocycles. The van der Waals surface area contributed by atoms with Crippen LogP contribution in [0.25, 0.3) is 0 Å². The minimum absolute atomic E-state index is 0.400. The largest absolute Gasteiger partial charge is 0.387 e. The molecule has 1 aromatic heterocycles. The van der Waals surface area contributed by atoms with Crippen molar-refractivity contribution in [1.82, 2.24) is 9.88 Å². The van der Waals surface area contributed by atoms with Gasteiger partial charge in [0.1, 0.15) is 0 Å². The highest BCUT2D eigenvalue weighted by Gasteiger charge is 2.20. The zero-order chi connectivity index (χ0) is 13.8. The average molecular weight is 289 g/mol. The molecule has 0 aliphatic carbocycles. The zero-order valence-electron chi connectivity index (χ0n) is 11.4. The van der Waals surface area contributed by atoms with Crippen molar-refractivity contribution in [2.24, 2.45) is 0 Å². The molecule has 0 saturated carbocycles. The highest BCUT2D eigenvalue weighted by Crippen LogP contribution is 2.20. The third-order valence-corrected chi connectivity index (χ3v) is 4.51. The summed E-state index contributed by atoms with van der Waals surface area (Å²) in [5.74, 6) is 0. The van der Waals surface area contributed by atoms with E-state index in [9.17, 15) is 5.11 Å². The molecule has 1 saturated heterocycles. The maximum atomic E-state index is 10.3. The molecule has 1 aliphatic rings. The molecule has 1 fully saturated rings. The SMILES string of the molecule is O[C@@H](CN1CCN(c2nccs2)CC1)c1ccccc1. The summed E-state index contributed by atoms with van der Waals surface area (Å²) in [6.45, 7) is 4.62. The first-order valence-electron chi connectivity index (χ1n) is 6.93. The molecule has 4 nitrogen and oxygen atoms in total. The second-order valence-corrected chi connectivity index (χ2v) is 5.90. The summed E-state index contributed by atoms with van der Waals surface area (Å²) in [6, 6.07) is 9.88. The van der Waals surface area contributed by atoms with Crippen LogP contribution in [0.5, 0.6) is 0 Å². The monoisotopic (exact) mass is 289 g/mol. The Morgan fingerprint density at radius 1 is 1.15 bits per heavy atom. The van der Waals surface area contributed by atoms with Gasteiger partial charge in [-0.2, -0.15) is 0 Å². The van der Waals surface area contributed by atoms with Gasteiger partial charge in [0.2, 0.25) is 0 Å². The van der Waals surface area contributed by atoms with Gasteiger partial charge in [-0.15, -0.1) is 11.3 Å². The van der Waals surface area contributed by atoms with E-state index in [1.54, 1.807) is 11.3 Å². The quantitative estimate of drug-likeness (QED) is 0.934. The van der Waals surface area contributed by atoms with E-state index in [-0.39, 0.29) is 0 Å². The lowest BCUT2D eigenvalue weighted by molar-refractivity contribution is 0.109. The highest BCUT2D eigenvalue weighted by atomic mass is 32.1. The number of thiazole rings is 1. The van der Waals surface area contributed by atoms with Gasteiger partial charge in [0, 0.05) is 44.3 Å². The summed E-state index contributed by atoms with van der Waals surface area (Å²) in [5.41, 5.74) is 0.995. The van der Waals surface area contributed by atoms with Crippen molar-refractivity contribution in [1.29, 1.82) is 0 Å². The molecule has 0 spiro atoms. The molecular weight excluding hydrogens is 270 g/mol. The van der Waals surface area contributed by atoms with Gasteiger partial charge in [0.05, 0.1) is 6.10 Å². The molecule has 1 aliphatic heterocycles. The van der Waals surface area contributed by atoms with Crippen LogP contribution in [0, 0.1) is 0 Å². The number of nitrogens with zero attached hydrogens (tertiary/aromatic N) is 3. The van der Waals surface area contributed by atoms with Gasteiger partial charge in [-0.05, 0) is 5.56 Å². The Balaban J connectivity index is 1.51. The van der Waals surface area contributed by atoms with Gasteiger partial charge in [0.15, 0.2) is 5.13 Å². The fraction of sp³-hybridized carbons (Fsp3) is 0.400. The van der Waals surface area contributed by atoms with Crippen LogP contribution in [0.3, 0.4) is 0 Å². The fourth-order valence-corrected chi connectivity index (χ4v) is 3.22.